The second-order valence-corrected chi connectivity index (χ2v) is 5.51. The quantitative estimate of drug-likeness (QED) is 0.646. The van der Waals surface area contributed by atoms with Crippen LogP contribution in [0.3, 0.4) is 0 Å². The Morgan fingerprint density at radius 2 is 1.74 bits per heavy atom. The van der Waals surface area contributed by atoms with Gasteiger partial charge in [-0.05, 0) is 24.3 Å². The molecule has 0 fully saturated rings. The number of fused-ring (bicyclic) bond motifs is 1. The molecule has 0 unspecified atom stereocenters. The van der Waals surface area contributed by atoms with Gasteiger partial charge in [-0.25, -0.2) is 9.37 Å². The molecule has 1 heterocycles. The smallest absolute Gasteiger partial charge is 0.276 e. The Morgan fingerprint density at radius 3 is 2.56 bits per heavy atom. The molecule has 138 valence electrons. The Kier molecular flexibility index (Phi) is 5.41. The monoisotopic (exact) mass is 370 g/mol. The molecule has 0 bridgehead atoms. The maximum Gasteiger partial charge on any atom is 0.276 e. The number of benzene rings is 2. The zero-order chi connectivity index (χ0) is 19.2. The molecule has 8 nitrogen and oxygen atoms in total. The van der Waals surface area contributed by atoms with Gasteiger partial charge in [-0.2, -0.15) is 0 Å². The Labute approximate surface area is 152 Å². The van der Waals surface area contributed by atoms with E-state index in [9.17, 15) is 18.8 Å². The van der Waals surface area contributed by atoms with Crippen LogP contribution in [-0.2, 0) is 16.1 Å². The van der Waals surface area contributed by atoms with E-state index in [2.05, 4.69) is 15.8 Å². The molecule has 2 N–H and O–H groups in total. The minimum atomic E-state index is -0.685. The number of aromatic nitrogens is 2. The number of hydrazine groups is 1. The molecule has 0 aliphatic carbocycles. The Morgan fingerprint density at radius 1 is 1.04 bits per heavy atom. The first kappa shape index (κ1) is 18.1. The lowest BCUT2D eigenvalue weighted by Gasteiger charge is -2.10. The van der Waals surface area contributed by atoms with E-state index < -0.39 is 24.2 Å². The molecule has 2 aromatic carbocycles. The summed E-state index contributed by atoms with van der Waals surface area (Å²) in [5.41, 5.74) is 4.44. The fourth-order valence-electron chi connectivity index (χ4n) is 2.29. The van der Waals surface area contributed by atoms with Gasteiger partial charge >= 0.3 is 0 Å². The first-order valence-electron chi connectivity index (χ1n) is 7.94. The Hall–Kier alpha value is -3.75. The summed E-state index contributed by atoms with van der Waals surface area (Å²) in [6, 6.07) is 12.4. The maximum atomic E-state index is 13.4. The van der Waals surface area contributed by atoms with Crippen LogP contribution in [0.2, 0.25) is 0 Å². The van der Waals surface area contributed by atoms with E-state index in [1.165, 1.54) is 24.5 Å². The van der Waals surface area contributed by atoms with Gasteiger partial charge in [-0.3, -0.25) is 29.8 Å². The molecule has 0 aliphatic rings. The summed E-state index contributed by atoms with van der Waals surface area (Å²) in [5.74, 6) is -1.99. The van der Waals surface area contributed by atoms with Gasteiger partial charge in [0.2, 0.25) is 0 Å². The van der Waals surface area contributed by atoms with Gasteiger partial charge in [0.15, 0.2) is 18.2 Å². The van der Waals surface area contributed by atoms with Gasteiger partial charge < -0.3 is 4.74 Å². The number of rotatable bonds is 5. The highest BCUT2D eigenvalue weighted by molar-refractivity contribution is 5.83. The molecule has 0 atom stereocenters. The fraction of sp³-hybridized carbons (Fsp3) is 0.111. The molecule has 0 spiro atoms. The zero-order valence-corrected chi connectivity index (χ0v) is 14.0. The van der Waals surface area contributed by atoms with Crippen molar-refractivity contribution in [2.45, 2.75) is 6.54 Å². The summed E-state index contributed by atoms with van der Waals surface area (Å²) in [7, 11) is 0. The van der Waals surface area contributed by atoms with Crippen molar-refractivity contribution in [1.82, 2.24) is 20.4 Å². The minimum Gasteiger partial charge on any atom is -0.481 e. The summed E-state index contributed by atoms with van der Waals surface area (Å²) >= 11 is 0. The standard InChI is InChI=1S/C18H15FN4O4/c19-13-6-2-4-8-15(13)27-10-17(25)22-21-16(24)9-23-11-20-14-7-3-1-5-12(14)18(23)26/h1-8,11H,9-10H2,(H,21,24)(H,22,25). The highest BCUT2D eigenvalue weighted by atomic mass is 19.1. The van der Waals surface area contributed by atoms with E-state index in [-0.39, 0.29) is 17.9 Å². The van der Waals surface area contributed by atoms with Crippen LogP contribution < -0.4 is 21.1 Å². The van der Waals surface area contributed by atoms with Crippen molar-refractivity contribution >= 4 is 22.7 Å². The van der Waals surface area contributed by atoms with E-state index in [0.717, 1.165) is 4.57 Å². The van der Waals surface area contributed by atoms with Crippen LogP contribution in [-0.4, -0.2) is 28.0 Å². The number of hydrogen-bond acceptors (Lipinski definition) is 5. The normalized spacial score (nSPS) is 10.4. The molecular weight excluding hydrogens is 355 g/mol. The molecule has 3 rings (SSSR count). The third-order valence-electron chi connectivity index (χ3n) is 3.58. The molecule has 1 aromatic heterocycles. The van der Waals surface area contributed by atoms with Crippen LogP contribution in [0.25, 0.3) is 10.9 Å². The molecule has 0 radical (unpaired) electrons. The van der Waals surface area contributed by atoms with E-state index in [0.29, 0.717) is 10.9 Å². The molecule has 9 heteroatoms. The van der Waals surface area contributed by atoms with Gasteiger partial charge in [0.1, 0.15) is 6.54 Å². The first-order valence-corrected chi connectivity index (χ1v) is 7.94. The highest BCUT2D eigenvalue weighted by Gasteiger charge is 2.10. The summed E-state index contributed by atoms with van der Waals surface area (Å²) in [4.78, 5) is 40.0. The van der Waals surface area contributed by atoms with E-state index >= 15 is 0 Å². The van der Waals surface area contributed by atoms with Gasteiger partial charge in [0.25, 0.3) is 17.4 Å². The molecule has 27 heavy (non-hydrogen) atoms. The third-order valence-corrected chi connectivity index (χ3v) is 3.58. The van der Waals surface area contributed by atoms with Crippen LogP contribution in [0, 0.1) is 5.82 Å². The number of halogens is 1. The van der Waals surface area contributed by atoms with Crippen LogP contribution >= 0.6 is 0 Å². The maximum absolute atomic E-state index is 13.4. The Balaban J connectivity index is 1.52. The lowest BCUT2D eigenvalue weighted by Crippen LogP contribution is -2.46. The van der Waals surface area contributed by atoms with Crippen molar-refractivity contribution in [3.05, 3.63) is 71.0 Å². The van der Waals surface area contributed by atoms with Crippen LogP contribution in [0.1, 0.15) is 0 Å². The van der Waals surface area contributed by atoms with Crippen molar-refractivity contribution in [3.8, 4) is 5.75 Å². The Bertz CT molecular complexity index is 1050. The largest absolute Gasteiger partial charge is 0.481 e. The zero-order valence-electron chi connectivity index (χ0n) is 14.0. The van der Waals surface area contributed by atoms with Crippen molar-refractivity contribution in [3.63, 3.8) is 0 Å². The van der Waals surface area contributed by atoms with Crippen molar-refractivity contribution in [2.75, 3.05) is 6.61 Å². The second kappa shape index (κ2) is 8.09. The number of nitrogens with zero attached hydrogens (tertiary/aromatic N) is 2. The summed E-state index contributed by atoms with van der Waals surface area (Å²) in [5, 5.41) is 0.384. The number of carbonyl (C=O) groups is 2. The highest BCUT2D eigenvalue weighted by Crippen LogP contribution is 2.14. The van der Waals surface area contributed by atoms with Gasteiger partial charge in [0, 0.05) is 0 Å². The topological polar surface area (TPSA) is 102 Å². The number of ether oxygens (including phenoxy) is 1. The van der Waals surface area contributed by atoms with Crippen molar-refractivity contribution in [1.29, 1.82) is 0 Å². The SMILES string of the molecule is O=C(COc1ccccc1F)NNC(=O)Cn1cnc2ccccc2c1=O. The third kappa shape index (κ3) is 4.46. The summed E-state index contributed by atoms with van der Waals surface area (Å²) in [6.07, 6.45) is 1.26. The molecule has 0 aliphatic heterocycles. The van der Waals surface area contributed by atoms with Gasteiger partial charge in [-0.1, -0.05) is 24.3 Å². The first-order chi connectivity index (χ1) is 13.0. The molecule has 2 amide bonds. The van der Waals surface area contributed by atoms with Crippen molar-refractivity contribution in [2.24, 2.45) is 0 Å². The lowest BCUT2D eigenvalue weighted by molar-refractivity contribution is -0.130. The molecule has 0 saturated carbocycles. The molecule has 3 aromatic rings. The number of hydrogen-bond donors (Lipinski definition) is 2. The summed E-state index contributed by atoms with van der Waals surface area (Å²) in [6.45, 7) is -0.816. The van der Waals surface area contributed by atoms with Crippen LogP contribution in [0.15, 0.2) is 59.7 Å². The average Bonchev–Trinajstić information content (AvgIpc) is 2.68. The molecular formula is C18H15FN4O4. The fourth-order valence-corrected chi connectivity index (χ4v) is 2.29. The van der Waals surface area contributed by atoms with Crippen molar-refractivity contribution < 1.29 is 18.7 Å². The number of para-hydroxylation sites is 2. The van der Waals surface area contributed by atoms with Crippen LogP contribution in [0.4, 0.5) is 4.39 Å². The summed E-state index contributed by atoms with van der Waals surface area (Å²) < 4.78 is 19.5. The second-order valence-electron chi connectivity index (χ2n) is 5.51. The predicted octanol–water partition coefficient (Wildman–Crippen LogP) is 0.762. The van der Waals surface area contributed by atoms with E-state index in [1.807, 2.05) is 0 Å². The number of nitrogens with one attached hydrogen (secondary N) is 2. The average molecular weight is 370 g/mol. The van der Waals surface area contributed by atoms with Crippen LogP contribution in [0.5, 0.6) is 5.75 Å². The van der Waals surface area contributed by atoms with Gasteiger partial charge in [0.05, 0.1) is 17.2 Å². The minimum absolute atomic E-state index is 0.0761. The van der Waals surface area contributed by atoms with E-state index in [1.54, 1.807) is 30.3 Å². The van der Waals surface area contributed by atoms with Gasteiger partial charge in [-0.15, -0.1) is 0 Å². The number of carbonyl (C=O) groups excluding carboxylic acids is 2. The lowest BCUT2D eigenvalue weighted by atomic mass is 10.2. The molecule has 0 saturated heterocycles. The predicted molar refractivity (Wildman–Crippen MR) is 94.2 cm³/mol. The number of amides is 2. The van der Waals surface area contributed by atoms with E-state index in [4.69, 9.17) is 4.74 Å².